The van der Waals surface area contributed by atoms with Gasteiger partial charge >= 0.3 is 0 Å². The van der Waals surface area contributed by atoms with Crippen molar-refractivity contribution < 1.29 is 4.74 Å². The highest BCUT2D eigenvalue weighted by Crippen LogP contribution is 2.19. The van der Waals surface area contributed by atoms with E-state index in [1.807, 2.05) is 6.07 Å². The normalized spacial score (nSPS) is 10.6. The van der Waals surface area contributed by atoms with E-state index in [1.54, 1.807) is 7.11 Å². The number of benzene rings is 1. The van der Waals surface area contributed by atoms with Crippen molar-refractivity contribution in [2.24, 2.45) is 7.05 Å². The van der Waals surface area contributed by atoms with Crippen molar-refractivity contribution >= 4 is 24.3 Å². The highest BCUT2D eigenvalue weighted by molar-refractivity contribution is 6.32. The van der Waals surface area contributed by atoms with E-state index < -0.39 is 0 Å². The monoisotopic (exact) mass is 173 g/mol. The van der Waals surface area contributed by atoms with E-state index in [9.17, 15) is 0 Å². The summed E-state index contributed by atoms with van der Waals surface area (Å²) >= 11 is 0. The molecule has 1 heterocycles. The van der Waals surface area contributed by atoms with Gasteiger partial charge in [-0.1, -0.05) is 0 Å². The number of fused-ring (bicyclic) bond motifs is 1. The van der Waals surface area contributed by atoms with Crippen LogP contribution in [0.1, 0.15) is 0 Å². The van der Waals surface area contributed by atoms with E-state index in [1.165, 1.54) is 16.5 Å². The molecule has 2 nitrogen and oxygen atoms in total. The SMILES string of the molecule is Bc1cc2cc(OC)ccc2n1C. The Bertz CT molecular complexity index is 447. The molecule has 2 rings (SSSR count). The molecule has 0 aliphatic heterocycles. The zero-order valence-corrected chi connectivity index (χ0v) is 8.16. The van der Waals surface area contributed by atoms with Crippen molar-refractivity contribution in [1.29, 1.82) is 0 Å². The van der Waals surface area contributed by atoms with Crippen LogP contribution in [0, 0.1) is 0 Å². The van der Waals surface area contributed by atoms with Gasteiger partial charge < -0.3 is 9.30 Å². The molecule has 0 aliphatic carbocycles. The minimum atomic E-state index is 0.915. The van der Waals surface area contributed by atoms with Gasteiger partial charge in [0.05, 0.1) is 7.11 Å². The van der Waals surface area contributed by atoms with Gasteiger partial charge in [0.15, 0.2) is 7.85 Å². The molecule has 1 aromatic carbocycles. The summed E-state index contributed by atoms with van der Waals surface area (Å²) in [7, 11) is 5.87. The molecule has 0 N–H and O–H groups in total. The second-order valence-electron chi connectivity index (χ2n) is 3.27. The van der Waals surface area contributed by atoms with Crippen molar-refractivity contribution in [2.45, 2.75) is 0 Å². The van der Waals surface area contributed by atoms with Crippen molar-refractivity contribution in [3.63, 3.8) is 0 Å². The Morgan fingerprint density at radius 1 is 1.31 bits per heavy atom. The van der Waals surface area contributed by atoms with Crippen LogP contribution < -0.4 is 10.3 Å². The lowest BCUT2D eigenvalue weighted by Gasteiger charge is -2.01. The predicted molar refractivity (Wildman–Crippen MR) is 57.6 cm³/mol. The number of hydrogen-bond acceptors (Lipinski definition) is 1. The number of aromatic nitrogens is 1. The molecule has 0 fully saturated rings. The van der Waals surface area contributed by atoms with Crippen LogP contribution in [0.15, 0.2) is 24.3 Å². The second kappa shape index (κ2) is 2.84. The summed E-state index contributed by atoms with van der Waals surface area (Å²) in [6.07, 6.45) is 0. The first-order chi connectivity index (χ1) is 6.22. The summed E-state index contributed by atoms with van der Waals surface area (Å²) in [6, 6.07) is 8.29. The standard InChI is InChI=1S/C10H12BNO/c1-12-9-4-3-8(13-2)5-7(9)6-10(12)11/h3-6H,11H2,1-2H3. The van der Waals surface area contributed by atoms with E-state index in [4.69, 9.17) is 4.74 Å². The lowest BCUT2D eigenvalue weighted by atomic mass is 10.1. The van der Waals surface area contributed by atoms with Crippen LogP contribution in [0.5, 0.6) is 5.75 Å². The molecule has 1 aromatic heterocycles. The lowest BCUT2D eigenvalue weighted by molar-refractivity contribution is 0.415. The largest absolute Gasteiger partial charge is 0.497 e. The van der Waals surface area contributed by atoms with E-state index in [-0.39, 0.29) is 0 Å². The summed E-state index contributed by atoms with van der Waals surface area (Å²) in [6.45, 7) is 0. The number of hydrogen-bond donors (Lipinski definition) is 0. The maximum atomic E-state index is 5.16. The number of ether oxygens (including phenoxy) is 1. The average molecular weight is 173 g/mol. The van der Waals surface area contributed by atoms with Crippen molar-refractivity contribution in [2.75, 3.05) is 7.11 Å². The Hall–Kier alpha value is -1.38. The molecule has 0 aliphatic rings. The predicted octanol–water partition coefficient (Wildman–Crippen LogP) is 0.445. The topological polar surface area (TPSA) is 14.2 Å². The Morgan fingerprint density at radius 3 is 2.77 bits per heavy atom. The zero-order chi connectivity index (χ0) is 9.42. The van der Waals surface area contributed by atoms with Gasteiger partial charge in [0, 0.05) is 18.0 Å². The molecule has 0 saturated heterocycles. The van der Waals surface area contributed by atoms with Gasteiger partial charge in [-0.2, -0.15) is 0 Å². The van der Waals surface area contributed by atoms with Crippen molar-refractivity contribution in [3.8, 4) is 5.75 Å². The fraction of sp³-hybridized carbons (Fsp3) is 0.200. The van der Waals surface area contributed by atoms with Gasteiger partial charge in [-0.3, -0.25) is 0 Å². The van der Waals surface area contributed by atoms with Crippen LogP contribution in [0.4, 0.5) is 0 Å². The van der Waals surface area contributed by atoms with Crippen LogP contribution in [0.2, 0.25) is 0 Å². The minimum absolute atomic E-state index is 0.915. The lowest BCUT2D eigenvalue weighted by Crippen LogP contribution is -2.11. The quantitative estimate of drug-likeness (QED) is 0.571. The first-order valence-corrected chi connectivity index (χ1v) is 4.32. The third kappa shape index (κ3) is 1.20. The molecule has 0 saturated carbocycles. The van der Waals surface area contributed by atoms with Gasteiger partial charge in [0.2, 0.25) is 0 Å². The molecule has 0 atom stereocenters. The Labute approximate surface area is 78.5 Å². The van der Waals surface area contributed by atoms with Crippen LogP contribution in [0.25, 0.3) is 10.9 Å². The summed E-state index contributed by atoms with van der Waals surface area (Å²) in [5, 5.41) is 1.24. The summed E-state index contributed by atoms with van der Waals surface area (Å²) in [5.74, 6) is 0.915. The first-order valence-electron chi connectivity index (χ1n) is 4.32. The molecule has 2 aromatic rings. The highest BCUT2D eigenvalue weighted by Gasteiger charge is 2.02. The van der Waals surface area contributed by atoms with Gasteiger partial charge in [0.1, 0.15) is 5.75 Å². The number of methoxy groups -OCH3 is 1. The average Bonchev–Trinajstić information content (AvgIpc) is 2.42. The van der Waals surface area contributed by atoms with Crippen LogP contribution in [0.3, 0.4) is 0 Å². The first kappa shape index (κ1) is 8.23. The van der Waals surface area contributed by atoms with Crippen molar-refractivity contribution in [1.82, 2.24) is 4.57 Å². The van der Waals surface area contributed by atoms with Gasteiger partial charge in [-0.05, 0) is 29.9 Å². The summed E-state index contributed by atoms with van der Waals surface area (Å²) < 4.78 is 7.34. The Kier molecular flexibility index (Phi) is 1.80. The molecule has 0 radical (unpaired) electrons. The molecular formula is C10H12BNO. The fourth-order valence-electron chi connectivity index (χ4n) is 1.59. The Balaban J connectivity index is 2.73. The minimum Gasteiger partial charge on any atom is -0.497 e. The van der Waals surface area contributed by atoms with Gasteiger partial charge in [0.25, 0.3) is 0 Å². The van der Waals surface area contributed by atoms with E-state index >= 15 is 0 Å². The number of aryl methyl sites for hydroxylation is 1. The molecular weight excluding hydrogens is 161 g/mol. The number of rotatable bonds is 1. The molecule has 0 amide bonds. The molecule has 13 heavy (non-hydrogen) atoms. The summed E-state index contributed by atoms with van der Waals surface area (Å²) in [4.78, 5) is 0. The van der Waals surface area contributed by atoms with Crippen molar-refractivity contribution in [3.05, 3.63) is 24.3 Å². The zero-order valence-electron chi connectivity index (χ0n) is 8.16. The van der Waals surface area contributed by atoms with Gasteiger partial charge in [-0.25, -0.2) is 0 Å². The molecule has 0 unspecified atom stereocenters. The van der Waals surface area contributed by atoms with Crippen LogP contribution in [-0.4, -0.2) is 19.5 Å². The molecule has 0 bridgehead atoms. The molecule has 0 spiro atoms. The maximum Gasteiger partial charge on any atom is 0.161 e. The van der Waals surface area contributed by atoms with E-state index in [0.29, 0.717) is 0 Å². The molecule has 66 valence electrons. The van der Waals surface area contributed by atoms with E-state index in [0.717, 1.165) is 5.75 Å². The highest BCUT2D eigenvalue weighted by atomic mass is 16.5. The molecule has 3 heteroatoms. The Morgan fingerprint density at radius 2 is 2.08 bits per heavy atom. The smallest absolute Gasteiger partial charge is 0.161 e. The van der Waals surface area contributed by atoms with Gasteiger partial charge in [-0.15, -0.1) is 0 Å². The van der Waals surface area contributed by atoms with E-state index in [2.05, 4.69) is 37.7 Å². The summed E-state index contributed by atoms with van der Waals surface area (Å²) in [5.41, 5.74) is 2.52. The van der Waals surface area contributed by atoms with Crippen LogP contribution in [-0.2, 0) is 7.05 Å². The third-order valence-electron chi connectivity index (χ3n) is 2.49. The number of nitrogens with zero attached hydrogens (tertiary/aromatic N) is 1. The third-order valence-corrected chi connectivity index (χ3v) is 2.49. The van der Waals surface area contributed by atoms with Crippen LogP contribution >= 0.6 is 0 Å². The maximum absolute atomic E-state index is 5.16. The fourth-order valence-corrected chi connectivity index (χ4v) is 1.59. The second-order valence-corrected chi connectivity index (χ2v) is 3.27.